The Labute approximate surface area is 194 Å². The molecule has 7 nitrogen and oxygen atoms in total. The Morgan fingerprint density at radius 1 is 1.22 bits per heavy atom. The molecule has 2 heterocycles. The summed E-state index contributed by atoms with van der Waals surface area (Å²) in [5, 5.41) is 11.6. The van der Waals surface area contributed by atoms with Crippen LogP contribution in [0.25, 0.3) is 0 Å². The van der Waals surface area contributed by atoms with E-state index in [1.54, 1.807) is 4.68 Å². The average molecular weight is 458 g/mol. The van der Waals surface area contributed by atoms with Gasteiger partial charge in [-0.1, -0.05) is 18.0 Å². The molecule has 172 valence electrons. The van der Waals surface area contributed by atoms with Gasteiger partial charge in [0.15, 0.2) is 0 Å². The fourth-order valence-corrected chi connectivity index (χ4v) is 4.92. The van der Waals surface area contributed by atoms with Crippen molar-refractivity contribution in [1.29, 1.82) is 0 Å². The molecule has 5 rings (SSSR count). The van der Waals surface area contributed by atoms with Gasteiger partial charge in [-0.05, 0) is 62.8 Å². The largest absolute Gasteiger partial charge is 0.488 e. The van der Waals surface area contributed by atoms with Gasteiger partial charge >= 0.3 is 6.03 Å². The van der Waals surface area contributed by atoms with E-state index in [-0.39, 0.29) is 17.7 Å². The van der Waals surface area contributed by atoms with Crippen LogP contribution in [0.3, 0.4) is 0 Å². The number of ether oxygens (including phenoxy) is 1. The van der Waals surface area contributed by atoms with E-state index >= 15 is 0 Å². The highest BCUT2D eigenvalue weighted by Gasteiger charge is 2.40. The van der Waals surface area contributed by atoms with Crippen molar-refractivity contribution in [2.24, 2.45) is 7.05 Å². The molecule has 1 saturated heterocycles. The van der Waals surface area contributed by atoms with Gasteiger partial charge in [-0.25, -0.2) is 4.79 Å². The molecule has 32 heavy (non-hydrogen) atoms. The third-order valence-electron chi connectivity index (χ3n) is 7.30. The molecular weight excluding hydrogens is 426 g/mol. The summed E-state index contributed by atoms with van der Waals surface area (Å²) in [6.07, 6.45) is 8.11. The number of likely N-dealkylation sites (tertiary alicyclic amines) is 1. The van der Waals surface area contributed by atoms with Gasteiger partial charge in [0.2, 0.25) is 0 Å². The molecular formula is C24H32ClN5O2. The minimum atomic E-state index is -0.125. The molecule has 3 fully saturated rings. The molecule has 2 saturated carbocycles. The van der Waals surface area contributed by atoms with Gasteiger partial charge in [0.05, 0.1) is 5.69 Å². The van der Waals surface area contributed by atoms with E-state index in [1.807, 2.05) is 37.4 Å². The normalized spacial score (nSPS) is 20.7. The van der Waals surface area contributed by atoms with E-state index in [0.717, 1.165) is 61.2 Å². The number of aryl methyl sites for hydroxylation is 1. The van der Waals surface area contributed by atoms with E-state index in [2.05, 4.69) is 20.6 Å². The maximum Gasteiger partial charge on any atom is 0.320 e. The highest BCUT2D eigenvalue weighted by atomic mass is 35.5. The summed E-state index contributed by atoms with van der Waals surface area (Å²) < 4.78 is 7.77. The van der Waals surface area contributed by atoms with Crippen molar-refractivity contribution in [3.63, 3.8) is 0 Å². The van der Waals surface area contributed by atoms with Crippen LogP contribution in [-0.2, 0) is 7.05 Å². The summed E-state index contributed by atoms with van der Waals surface area (Å²) in [4.78, 5) is 15.1. The number of aromatic nitrogens is 2. The monoisotopic (exact) mass is 457 g/mol. The van der Waals surface area contributed by atoms with Crippen molar-refractivity contribution in [3.05, 3.63) is 41.0 Å². The highest BCUT2D eigenvalue weighted by molar-refractivity contribution is 6.30. The number of carbonyl (C=O) groups excluding carboxylic acids is 1. The molecule has 0 bridgehead atoms. The lowest BCUT2D eigenvalue weighted by molar-refractivity contribution is 0.0101. The minimum absolute atomic E-state index is 0.0956. The lowest BCUT2D eigenvalue weighted by atomic mass is 9.74. The van der Waals surface area contributed by atoms with Crippen LogP contribution in [0.1, 0.15) is 56.6 Å². The minimum Gasteiger partial charge on any atom is -0.488 e. The van der Waals surface area contributed by atoms with E-state index in [9.17, 15) is 4.79 Å². The van der Waals surface area contributed by atoms with Crippen LogP contribution in [0, 0.1) is 0 Å². The molecule has 1 aromatic heterocycles. The zero-order valence-corrected chi connectivity index (χ0v) is 19.4. The van der Waals surface area contributed by atoms with Crippen molar-refractivity contribution >= 4 is 23.4 Å². The summed E-state index contributed by atoms with van der Waals surface area (Å²) in [6, 6.07) is 9.43. The lowest BCUT2D eigenvalue weighted by Crippen LogP contribution is -2.59. The first-order chi connectivity index (χ1) is 15.5. The second-order valence-electron chi connectivity index (χ2n) is 9.62. The zero-order chi connectivity index (χ0) is 22.1. The summed E-state index contributed by atoms with van der Waals surface area (Å²) in [6.45, 7) is 2.81. The molecule has 0 atom stereocenters. The SMILES string of the molecule is Cn1nc(C2CCC2)cc1NC(=O)NC1(CCN2CC(Oc3ccc(Cl)cc3)C2)CCC1. The fourth-order valence-electron chi connectivity index (χ4n) is 4.80. The molecule has 2 aromatic rings. The number of nitrogens with one attached hydrogen (secondary N) is 2. The van der Waals surface area contributed by atoms with Crippen LogP contribution in [0.5, 0.6) is 5.75 Å². The molecule has 0 unspecified atom stereocenters. The van der Waals surface area contributed by atoms with E-state index < -0.39 is 0 Å². The number of benzene rings is 1. The number of urea groups is 1. The molecule has 1 aromatic carbocycles. The van der Waals surface area contributed by atoms with Crippen LogP contribution < -0.4 is 15.4 Å². The number of amides is 2. The highest BCUT2D eigenvalue weighted by Crippen LogP contribution is 2.37. The van der Waals surface area contributed by atoms with Gasteiger partial charge < -0.3 is 10.1 Å². The number of carbonyl (C=O) groups is 1. The Balaban J connectivity index is 1.07. The maximum atomic E-state index is 12.7. The van der Waals surface area contributed by atoms with Crippen molar-refractivity contribution in [2.45, 2.75) is 62.5 Å². The number of rotatable bonds is 8. The molecule has 0 spiro atoms. The number of anilines is 1. The van der Waals surface area contributed by atoms with Crippen LogP contribution >= 0.6 is 11.6 Å². The van der Waals surface area contributed by atoms with Crippen LogP contribution in [-0.4, -0.2) is 52.0 Å². The lowest BCUT2D eigenvalue weighted by Gasteiger charge is -2.46. The number of nitrogens with zero attached hydrogens (tertiary/aromatic N) is 3. The van der Waals surface area contributed by atoms with Crippen molar-refractivity contribution < 1.29 is 9.53 Å². The molecule has 8 heteroatoms. The predicted molar refractivity (Wildman–Crippen MR) is 125 cm³/mol. The third-order valence-corrected chi connectivity index (χ3v) is 7.55. The second-order valence-corrected chi connectivity index (χ2v) is 10.1. The molecule has 2 aliphatic carbocycles. The summed E-state index contributed by atoms with van der Waals surface area (Å²) in [5.41, 5.74) is 1.00. The molecule has 2 N–H and O–H groups in total. The first-order valence-corrected chi connectivity index (χ1v) is 12.1. The van der Waals surface area contributed by atoms with Gasteiger partial charge in [0.25, 0.3) is 0 Å². The Morgan fingerprint density at radius 2 is 1.97 bits per heavy atom. The second kappa shape index (κ2) is 8.94. The van der Waals surface area contributed by atoms with Crippen molar-refractivity contribution in [2.75, 3.05) is 25.0 Å². The zero-order valence-electron chi connectivity index (χ0n) is 18.6. The first-order valence-electron chi connectivity index (χ1n) is 11.8. The number of hydrogen-bond acceptors (Lipinski definition) is 4. The van der Waals surface area contributed by atoms with Gasteiger partial charge in [-0.15, -0.1) is 0 Å². The standard InChI is InChI=1S/C24H32ClN5O2/c1-29-22(14-21(28-29)17-4-2-5-17)26-23(31)27-24(10-3-11-24)12-13-30-15-20(16-30)32-19-8-6-18(25)7-9-19/h6-9,14,17,20H,2-5,10-13,15-16H2,1H3,(H2,26,27,31). The van der Waals surface area contributed by atoms with E-state index in [0.29, 0.717) is 5.92 Å². The number of hydrogen-bond donors (Lipinski definition) is 2. The number of halogens is 1. The van der Waals surface area contributed by atoms with Crippen molar-refractivity contribution in [1.82, 2.24) is 20.0 Å². The Kier molecular flexibility index (Phi) is 6.03. The third kappa shape index (κ3) is 4.74. The molecule has 1 aliphatic heterocycles. The topological polar surface area (TPSA) is 71.4 Å². The first kappa shape index (κ1) is 21.6. The fraction of sp³-hybridized carbons (Fsp3) is 0.583. The molecule has 0 radical (unpaired) electrons. The van der Waals surface area contributed by atoms with E-state index in [1.165, 1.54) is 25.7 Å². The van der Waals surface area contributed by atoms with Gasteiger partial charge in [-0.3, -0.25) is 14.9 Å². The molecule has 2 amide bonds. The quantitative estimate of drug-likeness (QED) is 0.610. The van der Waals surface area contributed by atoms with Crippen LogP contribution in [0.15, 0.2) is 30.3 Å². The summed E-state index contributed by atoms with van der Waals surface area (Å²) >= 11 is 5.93. The van der Waals surface area contributed by atoms with E-state index in [4.69, 9.17) is 16.3 Å². The Morgan fingerprint density at radius 3 is 2.59 bits per heavy atom. The van der Waals surface area contributed by atoms with Gasteiger partial charge in [0, 0.05) is 49.2 Å². The van der Waals surface area contributed by atoms with Crippen LogP contribution in [0.4, 0.5) is 10.6 Å². The smallest absolute Gasteiger partial charge is 0.320 e. The maximum absolute atomic E-state index is 12.7. The Bertz CT molecular complexity index is 946. The summed E-state index contributed by atoms with van der Waals surface area (Å²) in [5.74, 6) is 2.19. The summed E-state index contributed by atoms with van der Waals surface area (Å²) in [7, 11) is 1.89. The van der Waals surface area contributed by atoms with Gasteiger partial charge in [-0.2, -0.15) is 5.10 Å². The Hall–Kier alpha value is -2.25. The average Bonchev–Trinajstić information content (AvgIpc) is 3.00. The van der Waals surface area contributed by atoms with Crippen LogP contribution in [0.2, 0.25) is 5.02 Å². The van der Waals surface area contributed by atoms with Gasteiger partial charge in [0.1, 0.15) is 17.7 Å². The van der Waals surface area contributed by atoms with Crippen molar-refractivity contribution in [3.8, 4) is 5.75 Å². The molecule has 3 aliphatic rings. The predicted octanol–water partition coefficient (Wildman–Crippen LogP) is 4.54.